The molecule has 0 bridgehead atoms. The Labute approximate surface area is 188 Å². The number of cyclic esters (lactones) is 1. The Morgan fingerprint density at radius 1 is 0.906 bits per heavy atom. The van der Waals surface area contributed by atoms with Crippen molar-refractivity contribution in [2.24, 2.45) is 0 Å². The lowest BCUT2D eigenvalue weighted by molar-refractivity contribution is 0.146. The molecule has 2 aliphatic rings. The maximum Gasteiger partial charge on any atom is 0.408 e. The van der Waals surface area contributed by atoms with E-state index < -0.39 is 5.54 Å². The van der Waals surface area contributed by atoms with Gasteiger partial charge in [-0.1, -0.05) is 30.3 Å². The standard InChI is InChI=1S/C27H29NO4/c1-27(17-31-26(29)28-27)22-9-3-21-16-25(14-8-20(21)15-22)32-24-12-6-19(7-13-24)18-4-10-23(30-2)11-5-18/h3-5,8-11,14-16,19,24H,6-7,12-13,17H2,1-2H3,(H,28,29)/t19-,24+,27-/m0/s1. The number of fused-ring (bicyclic) bond motifs is 1. The van der Waals surface area contributed by atoms with Crippen LogP contribution in [0.4, 0.5) is 4.79 Å². The van der Waals surface area contributed by atoms with E-state index in [1.165, 1.54) is 5.56 Å². The lowest BCUT2D eigenvalue weighted by Gasteiger charge is -2.29. The highest BCUT2D eigenvalue weighted by Gasteiger charge is 2.36. The topological polar surface area (TPSA) is 56.8 Å². The minimum absolute atomic E-state index is 0.256. The SMILES string of the molecule is COc1ccc([C@H]2CC[C@@H](Oc3ccc4cc([C@]5(C)COC(=O)N5)ccc4c3)CC2)cc1. The predicted molar refractivity (Wildman–Crippen MR) is 124 cm³/mol. The van der Waals surface area contributed by atoms with Crippen LogP contribution in [-0.4, -0.2) is 25.9 Å². The van der Waals surface area contributed by atoms with Gasteiger partial charge >= 0.3 is 6.09 Å². The molecule has 0 radical (unpaired) electrons. The third-order valence-corrected chi connectivity index (χ3v) is 6.88. The molecule has 3 aromatic carbocycles. The van der Waals surface area contributed by atoms with Crippen LogP contribution in [0.15, 0.2) is 60.7 Å². The molecule has 0 spiro atoms. The van der Waals surface area contributed by atoms with Gasteiger partial charge in [0.25, 0.3) is 0 Å². The molecular formula is C27H29NO4. The molecule has 2 fully saturated rings. The fourth-order valence-corrected chi connectivity index (χ4v) is 4.89. The first kappa shape index (κ1) is 20.7. The lowest BCUT2D eigenvalue weighted by Crippen LogP contribution is -2.37. The van der Waals surface area contributed by atoms with Crippen LogP contribution in [0.5, 0.6) is 11.5 Å². The van der Waals surface area contributed by atoms with Crippen molar-refractivity contribution in [1.82, 2.24) is 5.32 Å². The van der Waals surface area contributed by atoms with Crippen LogP contribution in [0.25, 0.3) is 10.8 Å². The summed E-state index contributed by atoms with van der Waals surface area (Å²) >= 11 is 0. The Bertz CT molecular complexity index is 1120. The van der Waals surface area contributed by atoms with Crippen molar-refractivity contribution in [3.8, 4) is 11.5 Å². The zero-order chi connectivity index (χ0) is 22.1. The highest BCUT2D eigenvalue weighted by Crippen LogP contribution is 2.36. The van der Waals surface area contributed by atoms with Crippen molar-refractivity contribution in [3.63, 3.8) is 0 Å². The molecule has 1 aliphatic carbocycles. The summed E-state index contributed by atoms with van der Waals surface area (Å²) in [6.07, 6.45) is 4.29. The van der Waals surface area contributed by atoms with E-state index in [4.69, 9.17) is 14.2 Å². The van der Waals surface area contributed by atoms with Crippen molar-refractivity contribution < 1.29 is 19.0 Å². The Balaban J connectivity index is 1.23. The average molecular weight is 432 g/mol. The van der Waals surface area contributed by atoms with E-state index in [0.29, 0.717) is 12.5 Å². The van der Waals surface area contributed by atoms with Gasteiger partial charge in [-0.15, -0.1) is 0 Å². The van der Waals surface area contributed by atoms with Crippen molar-refractivity contribution in [1.29, 1.82) is 0 Å². The molecule has 5 rings (SSSR count). The second-order valence-corrected chi connectivity index (χ2v) is 9.12. The lowest BCUT2D eigenvalue weighted by atomic mass is 9.82. The number of alkyl carbamates (subject to hydrolysis) is 1. The van der Waals surface area contributed by atoms with Gasteiger partial charge in [0.15, 0.2) is 0 Å². The summed E-state index contributed by atoms with van der Waals surface area (Å²) in [5.41, 5.74) is 1.95. The Hall–Kier alpha value is -3.21. The van der Waals surface area contributed by atoms with E-state index >= 15 is 0 Å². The van der Waals surface area contributed by atoms with Gasteiger partial charge in [-0.25, -0.2) is 4.79 Å². The number of hydrogen-bond acceptors (Lipinski definition) is 4. The molecule has 1 saturated carbocycles. The summed E-state index contributed by atoms with van der Waals surface area (Å²) in [6.45, 7) is 2.33. The summed E-state index contributed by atoms with van der Waals surface area (Å²) in [5.74, 6) is 2.42. The molecule has 32 heavy (non-hydrogen) atoms. The number of carbonyl (C=O) groups is 1. The molecule has 166 valence electrons. The molecule has 1 atom stereocenters. The molecule has 5 heteroatoms. The molecule has 1 amide bonds. The number of hydrogen-bond donors (Lipinski definition) is 1. The van der Waals surface area contributed by atoms with E-state index in [1.54, 1.807) is 7.11 Å². The van der Waals surface area contributed by atoms with E-state index in [0.717, 1.165) is 53.5 Å². The maximum atomic E-state index is 11.5. The number of carbonyl (C=O) groups excluding carboxylic acids is 1. The van der Waals surface area contributed by atoms with Gasteiger partial charge < -0.3 is 19.5 Å². The Kier molecular flexibility index (Phi) is 5.41. The van der Waals surface area contributed by atoms with Gasteiger partial charge in [0.05, 0.1) is 18.8 Å². The molecule has 3 aromatic rings. The molecule has 1 saturated heterocycles. The number of methoxy groups -OCH3 is 1. The van der Waals surface area contributed by atoms with Crippen LogP contribution in [0, 0.1) is 0 Å². The van der Waals surface area contributed by atoms with Crippen molar-refractivity contribution in [3.05, 3.63) is 71.8 Å². The second kappa shape index (κ2) is 8.38. The minimum Gasteiger partial charge on any atom is -0.497 e. The smallest absolute Gasteiger partial charge is 0.408 e. The average Bonchev–Trinajstić information content (AvgIpc) is 3.19. The van der Waals surface area contributed by atoms with Gasteiger partial charge in [-0.3, -0.25) is 0 Å². The van der Waals surface area contributed by atoms with Gasteiger partial charge in [0, 0.05) is 0 Å². The molecule has 1 N–H and O–H groups in total. The zero-order valence-electron chi connectivity index (χ0n) is 18.6. The summed E-state index contributed by atoms with van der Waals surface area (Å²) in [7, 11) is 1.70. The predicted octanol–water partition coefficient (Wildman–Crippen LogP) is 5.91. The minimum atomic E-state index is -0.483. The number of benzene rings is 3. The summed E-state index contributed by atoms with van der Waals surface area (Å²) in [5, 5.41) is 5.16. The third-order valence-electron chi connectivity index (χ3n) is 6.88. The number of ether oxygens (including phenoxy) is 3. The van der Waals surface area contributed by atoms with Crippen LogP contribution in [0.1, 0.15) is 49.7 Å². The summed E-state index contributed by atoms with van der Waals surface area (Å²) < 4.78 is 16.7. The highest BCUT2D eigenvalue weighted by molar-refractivity contribution is 5.85. The third kappa shape index (κ3) is 4.12. The molecule has 1 heterocycles. The second-order valence-electron chi connectivity index (χ2n) is 9.12. The summed E-state index contributed by atoms with van der Waals surface area (Å²) in [6, 6.07) is 21.0. The zero-order valence-corrected chi connectivity index (χ0v) is 18.6. The fraction of sp³-hybridized carbons (Fsp3) is 0.370. The van der Waals surface area contributed by atoms with E-state index in [2.05, 4.69) is 47.8 Å². The first-order valence-electron chi connectivity index (χ1n) is 11.3. The fourth-order valence-electron chi connectivity index (χ4n) is 4.89. The quantitative estimate of drug-likeness (QED) is 0.546. The molecule has 5 nitrogen and oxygen atoms in total. The van der Waals surface area contributed by atoms with Crippen molar-refractivity contribution in [2.75, 3.05) is 13.7 Å². The number of nitrogens with one attached hydrogen (secondary N) is 1. The number of rotatable bonds is 5. The number of amides is 1. The van der Waals surface area contributed by atoms with Gasteiger partial charge in [0.1, 0.15) is 18.1 Å². The van der Waals surface area contributed by atoms with Crippen LogP contribution in [0.2, 0.25) is 0 Å². The van der Waals surface area contributed by atoms with Crippen molar-refractivity contribution in [2.45, 2.75) is 50.2 Å². The van der Waals surface area contributed by atoms with Crippen LogP contribution >= 0.6 is 0 Å². The van der Waals surface area contributed by atoms with Crippen LogP contribution in [-0.2, 0) is 10.3 Å². The van der Waals surface area contributed by atoms with Crippen molar-refractivity contribution >= 4 is 16.9 Å². The monoisotopic (exact) mass is 431 g/mol. The van der Waals surface area contributed by atoms with Gasteiger partial charge in [-0.2, -0.15) is 0 Å². The first-order valence-corrected chi connectivity index (χ1v) is 11.3. The van der Waals surface area contributed by atoms with Crippen LogP contribution in [0.3, 0.4) is 0 Å². The van der Waals surface area contributed by atoms with Gasteiger partial charge in [0.2, 0.25) is 0 Å². The largest absolute Gasteiger partial charge is 0.497 e. The molecular weight excluding hydrogens is 402 g/mol. The molecule has 0 aromatic heterocycles. The Morgan fingerprint density at radius 2 is 1.59 bits per heavy atom. The van der Waals surface area contributed by atoms with Gasteiger partial charge in [-0.05, 0) is 90.8 Å². The van der Waals surface area contributed by atoms with Crippen LogP contribution < -0.4 is 14.8 Å². The molecule has 1 aliphatic heterocycles. The maximum absolute atomic E-state index is 11.5. The first-order chi connectivity index (χ1) is 15.5. The molecule has 0 unspecified atom stereocenters. The summed E-state index contributed by atoms with van der Waals surface area (Å²) in [4.78, 5) is 11.5. The highest BCUT2D eigenvalue weighted by atomic mass is 16.6. The normalized spacial score (nSPS) is 25.2. The van der Waals surface area contributed by atoms with E-state index in [1.807, 2.05) is 25.1 Å². The van der Waals surface area contributed by atoms with E-state index in [9.17, 15) is 4.79 Å². The van der Waals surface area contributed by atoms with E-state index in [-0.39, 0.29) is 12.2 Å². The Morgan fingerprint density at radius 3 is 2.28 bits per heavy atom.